The fourth-order valence-electron chi connectivity index (χ4n) is 5.81. The topological polar surface area (TPSA) is 135 Å². The molecule has 1 fully saturated rings. The number of carboxylic acids is 1. The zero-order valence-electron chi connectivity index (χ0n) is 29.5. The van der Waals surface area contributed by atoms with E-state index in [4.69, 9.17) is 25.8 Å². The summed E-state index contributed by atoms with van der Waals surface area (Å²) >= 11 is 8.29. The number of carboxylic acid groups (broad SMARTS) is 1. The maximum absolute atomic E-state index is 12.8. The highest BCUT2D eigenvalue weighted by atomic mass is 35.5. The van der Waals surface area contributed by atoms with Crippen molar-refractivity contribution >= 4 is 50.9 Å². The number of carbonyl (C=O) groups is 1. The molecule has 1 unspecified atom stereocenters. The number of thiophene rings is 1. The highest BCUT2D eigenvalue weighted by Gasteiger charge is 2.26. The van der Waals surface area contributed by atoms with Crippen molar-refractivity contribution in [3.05, 3.63) is 81.7 Å². The van der Waals surface area contributed by atoms with E-state index in [1.165, 1.54) is 17.7 Å². The first-order chi connectivity index (χ1) is 25.2. The summed E-state index contributed by atoms with van der Waals surface area (Å²) < 4.78 is 17.7. The number of aromatic nitrogens is 4. The third-order valence-electron chi connectivity index (χ3n) is 8.52. The van der Waals surface area contributed by atoms with Gasteiger partial charge in [-0.3, -0.25) is 0 Å². The normalized spacial score (nSPS) is 13.5. The number of fused-ring (bicyclic) bond motifs is 1. The number of ether oxygens (including phenoxy) is 3. The third kappa shape index (κ3) is 8.54. The lowest BCUT2D eigenvalue weighted by molar-refractivity contribution is -0.137. The molecule has 0 bridgehead atoms. The molecule has 14 heteroatoms. The molecule has 2 N–H and O–H groups in total. The monoisotopic (exact) mass is 741 g/mol. The van der Waals surface area contributed by atoms with Crippen LogP contribution in [0.5, 0.6) is 11.5 Å². The second kappa shape index (κ2) is 17.0. The van der Waals surface area contributed by atoms with Crippen LogP contribution in [0.1, 0.15) is 28.6 Å². The Balaban J connectivity index is 1.27. The summed E-state index contributed by atoms with van der Waals surface area (Å²) in [6, 6.07) is 12.0. The van der Waals surface area contributed by atoms with Gasteiger partial charge < -0.3 is 34.4 Å². The van der Waals surface area contributed by atoms with E-state index in [1.807, 2.05) is 68.4 Å². The van der Waals surface area contributed by atoms with E-state index < -0.39 is 12.0 Å². The maximum Gasteiger partial charge on any atom is 0.326 e. The molecule has 4 heterocycles. The first-order valence-electron chi connectivity index (χ1n) is 16.9. The average molecular weight is 742 g/mol. The molecule has 6 rings (SSSR count). The number of rotatable bonds is 14. The molecule has 0 saturated carbocycles. The Hall–Kier alpha value is -5.00. The molecule has 5 aromatic rings. The molecule has 0 radical (unpaired) electrons. The molecule has 3 aromatic heterocycles. The van der Waals surface area contributed by atoms with Gasteiger partial charge in [0.1, 0.15) is 47.7 Å². The highest BCUT2D eigenvalue weighted by Crippen LogP contribution is 2.44. The van der Waals surface area contributed by atoms with E-state index in [1.54, 1.807) is 13.1 Å². The molecule has 1 saturated heterocycles. The van der Waals surface area contributed by atoms with Gasteiger partial charge in [-0.1, -0.05) is 41.8 Å². The summed E-state index contributed by atoms with van der Waals surface area (Å²) in [5.41, 5.74) is 3.84. The zero-order valence-corrected chi connectivity index (χ0v) is 31.1. The number of nitrogens with one attached hydrogen (secondary N) is 1. The molecule has 1 aliphatic rings. The first kappa shape index (κ1) is 36.8. The van der Waals surface area contributed by atoms with Gasteiger partial charge in [0, 0.05) is 37.8 Å². The molecule has 0 amide bonds. The number of halogens is 1. The Labute approximate surface area is 311 Å². The zero-order chi connectivity index (χ0) is 36.6. The number of hydrogen-bond acceptors (Lipinski definition) is 12. The van der Waals surface area contributed by atoms with Crippen molar-refractivity contribution in [3.63, 3.8) is 0 Å². The molecule has 52 heavy (non-hydrogen) atoms. The summed E-state index contributed by atoms with van der Waals surface area (Å²) in [5, 5.41) is 14.9. The molecule has 1 atom stereocenters. The fourth-order valence-corrected chi connectivity index (χ4v) is 7.09. The lowest BCUT2D eigenvalue weighted by Crippen LogP contribution is -2.37. The number of para-hydroxylation sites is 1. The number of benzene rings is 2. The van der Waals surface area contributed by atoms with Crippen LogP contribution in [0.2, 0.25) is 5.02 Å². The fraction of sp³-hybridized carbons (Fsp3) is 0.342. The number of morpholine rings is 1. The summed E-state index contributed by atoms with van der Waals surface area (Å²) in [4.78, 5) is 36.6. The number of likely N-dealkylation sites (N-methyl/N-ethyl adjacent to an activating group) is 1. The number of aliphatic carboxylic acids is 1. The van der Waals surface area contributed by atoms with Crippen molar-refractivity contribution in [2.24, 2.45) is 0 Å². The summed E-state index contributed by atoms with van der Waals surface area (Å²) in [7, 11) is 3.96. The van der Waals surface area contributed by atoms with Crippen LogP contribution >= 0.6 is 22.9 Å². The van der Waals surface area contributed by atoms with Crippen LogP contribution in [0.15, 0.2) is 55.0 Å². The van der Waals surface area contributed by atoms with E-state index >= 15 is 0 Å². The quantitative estimate of drug-likeness (QED) is 0.130. The van der Waals surface area contributed by atoms with Crippen LogP contribution in [0.4, 0.5) is 11.8 Å². The Bertz CT molecular complexity index is 2110. The SMILES string of the molecule is CC#Cc1sc2ncnc(NC(Cc3ccccc3OCc3ccnc(N4CCOCC4)n3)C(=O)O)c2c1-c1ccc(OCCN(C)C)c(Cl)c1C. The third-order valence-corrected chi connectivity index (χ3v) is 10.0. The highest BCUT2D eigenvalue weighted by molar-refractivity contribution is 7.19. The summed E-state index contributed by atoms with van der Waals surface area (Å²) in [5.74, 6) is 7.34. The maximum atomic E-state index is 12.8. The van der Waals surface area contributed by atoms with Crippen LogP contribution < -0.4 is 19.7 Å². The van der Waals surface area contributed by atoms with E-state index in [-0.39, 0.29) is 13.0 Å². The van der Waals surface area contributed by atoms with Crippen LogP contribution in [-0.2, 0) is 22.6 Å². The standard InChI is InChI=1S/C38H40ClN7O5S/c1-5-8-31-32(27-11-12-30(34(39)24(27)2)50-20-15-45(3)4)33-35(41-23-42-36(33)52-31)44-28(37(47)48)21-25-9-6-7-10-29(25)51-22-26-13-14-40-38(43-26)46-16-18-49-19-17-46/h6-7,9-14,23,28H,15-22H2,1-4H3,(H,47,48)(H,41,42,44). The van der Waals surface area contributed by atoms with Gasteiger partial charge in [-0.2, -0.15) is 0 Å². The van der Waals surface area contributed by atoms with E-state index in [0.29, 0.717) is 69.6 Å². The minimum absolute atomic E-state index is 0.116. The van der Waals surface area contributed by atoms with Crippen LogP contribution in [0, 0.1) is 18.8 Å². The van der Waals surface area contributed by atoms with Crippen molar-refractivity contribution < 1.29 is 24.1 Å². The predicted octanol–water partition coefficient (Wildman–Crippen LogP) is 5.95. The van der Waals surface area contributed by atoms with Crippen molar-refractivity contribution in [2.75, 3.05) is 63.8 Å². The van der Waals surface area contributed by atoms with Crippen molar-refractivity contribution in [1.82, 2.24) is 24.8 Å². The van der Waals surface area contributed by atoms with Gasteiger partial charge in [0.15, 0.2) is 0 Å². The molecule has 0 aliphatic carbocycles. The van der Waals surface area contributed by atoms with Crippen molar-refractivity contribution in [3.8, 4) is 34.5 Å². The van der Waals surface area contributed by atoms with Gasteiger partial charge in [-0.25, -0.2) is 24.7 Å². The largest absolute Gasteiger partial charge is 0.491 e. The lowest BCUT2D eigenvalue weighted by atomic mass is 9.97. The van der Waals surface area contributed by atoms with E-state index in [2.05, 4.69) is 42.0 Å². The summed E-state index contributed by atoms with van der Waals surface area (Å²) in [6.07, 6.45) is 3.26. The second-order valence-electron chi connectivity index (χ2n) is 12.4. The molecule has 1 aliphatic heterocycles. The van der Waals surface area contributed by atoms with Crippen LogP contribution in [-0.4, -0.2) is 95.5 Å². The smallest absolute Gasteiger partial charge is 0.326 e. The Morgan fingerprint density at radius 3 is 2.69 bits per heavy atom. The first-order valence-corrected chi connectivity index (χ1v) is 18.0. The molecule has 12 nitrogen and oxygen atoms in total. The molecular formula is C38H40ClN7O5S. The molecular weight excluding hydrogens is 702 g/mol. The Kier molecular flexibility index (Phi) is 12.0. The molecule has 270 valence electrons. The van der Waals surface area contributed by atoms with Crippen molar-refractivity contribution in [1.29, 1.82) is 0 Å². The van der Waals surface area contributed by atoms with Crippen molar-refractivity contribution in [2.45, 2.75) is 32.9 Å². The van der Waals surface area contributed by atoms with Crippen LogP contribution in [0.25, 0.3) is 21.3 Å². The van der Waals surface area contributed by atoms with Gasteiger partial charge in [-0.05, 0) is 62.8 Å². The Morgan fingerprint density at radius 1 is 1.12 bits per heavy atom. The van der Waals surface area contributed by atoms with Gasteiger partial charge in [-0.15, -0.1) is 17.3 Å². The van der Waals surface area contributed by atoms with E-state index in [0.717, 1.165) is 41.2 Å². The minimum Gasteiger partial charge on any atom is -0.491 e. The second-order valence-corrected chi connectivity index (χ2v) is 13.7. The Morgan fingerprint density at radius 2 is 1.92 bits per heavy atom. The van der Waals surface area contributed by atoms with Gasteiger partial charge in [0.2, 0.25) is 5.95 Å². The summed E-state index contributed by atoms with van der Waals surface area (Å²) in [6.45, 7) is 7.84. The lowest BCUT2D eigenvalue weighted by Gasteiger charge is -2.26. The van der Waals surface area contributed by atoms with Gasteiger partial charge in [0.25, 0.3) is 0 Å². The number of hydrogen-bond donors (Lipinski definition) is 2. The van der Waals surface area contributed by atoms with Gasteiger partial charge in [0.05, 0.1) is 34.2 Å². The van der Waals surface area contributed by atoms with E-state index in [9.17, 15) is 9.90 Å². The van der Waals surface area contributed by atoms with Crippen LogP contribution in [0.3, 0.4) is 0 Å². The molecule has 0 spiro atoms. The predicted molar refractivity (Wildman–Crippen MR) is 204 cm³/mol. The molecule has 2 aromatic carbocycles. The minimum atomic E-state index is -1.06. The average Bonchev–Trinajstić information content (AvgIpc) is 3.51. The number of nitrogens with zero attached hydrogens (tertiary/aromatic N) is 6. The van der Waals surface area contributed by atoms with Gasteiger partial charge >= 0.3 is 5.97 Å². The number of anilines is 2.